The molecule has 0 aliphatic heterocycles. The van der Waals surface area contributed by atoms with E-state index in [0.717, 1.165) is 12.0 Å². The lowest BCUT2D eigenvalue weighted by atomic mass is 10.1. The van der Waals surface area contributed by atoms with E-state index in [1.54, 1.807) is 0 Å². The van der Waals surface area contributed by atoms with Gasteiger partial charge in [0.2, 0.25) is 0 Å². The van der Waals surface area contributed by atoms with Crippen molar-refractivity contribution in [3.63, 3.8) is 0 Å². The second-order valence-corrected chi connectivity index (χ2v) is 2.99. The summed E-state index contributed by atoms with van der Waals surface area (Å²) >= 11 is 11.4. The fourth-order valence-corrected chi connectivity index (χ4v) is 1.37. The van der Waals surface area contributed by atoms with E-state index in [9.17, 15) is 0 Å². The molecule has 0 atom stereocenters. The lowest BCUT2D eigenvalue weighted by Crippen LogP contribution is -1.80. The number of allylic oxidation sites excluding steroid dienone is 1. The molecule has 0 saturated heterocycles. The molecule has 0 aromatic heterocycles. The van der Waals surface area contributed by atoms with Gasteiger partial charge in [0.15, 0.2) is 0 Å². The molecule has 1 radical (unpaired) electrons. The van der Waals surface area contributed by atoms with Gasteiger partial charge in [-0.1, -0.05) is 29.3 Å². The van der Waals surface area contributed by atoms with E-state index in [4.69, 9.17) is 23.2 Å². The third-order valence-electron chi connectivity index (χ3n) is 1.24. The molecule has 11 heavy (non-hydrogen) atoms. The van der Waals surface area contributed by atoms with Gasteiger partial charge in [0.25, 0.3) is 0 Å². The summed E-state index contributed by atoms with van der Waals surface area (Å²) in [5.74, 6) is 0. The summed E-state index contributed by atoms with van der Waals surface area (Å²) in [6, 6.07) is 6.42. The van der Waals surface area contributed by atoms with Crippen molar-refractivity contribution in [1.29, 1.82) is 0 Å². The molecule has 0 nitrogen and oxygen atoms in total. The Kier molecular flexibility index (Phi) is 2.98. The van der Waals surface area contributed by atoms with Crippen molar-refractivity contribution in [1.82, 2.24) is 0 Å². The molecule has 1 rings (SSSR count). The maximum atomic E-state index is 5.71. The first-order valence-corrected chi connectivity index (χ1v) is 3.96. The van der Waals surface area contributed by atoms with E-state index >= 15 is 0 Å². The summed E-state index contributed by atoms with van der Waals surface area (Å²) in [4.78, 5) is 0. The van der Waals surface area contributed by atoms with Crippen molar-refractivity contribution in [3.05, 3.63) is 46.5 Å². The van der Waals surface area contributed by atoms with Gasteiger partial charge in [-0.2, -0.15) is 0 Å². The fourth-order valence-electron chi connectivity index (χ4n) is 0.838. The largest absolute Gasteiger partial charge is 0.103 e. The molecular weight excluding hydrogens is 179 g/mol. The third-order valence-corrected chi connectivity index (χ3v) is 1.65. The molecule has 1 aromatic rings. The minimum Gasteiger partial charge on any atom is -0.103 e. The van der Waals surface area contributed by atoms with Crippen LogP contribution in [0.5, 0.6) is 0 Å². The van der Waals surface area contributed by atoms with Crippen LogP contribution in [0.15, 0.2) is 24.8 Å². The van der Waals surface area contributed by atoms with E-state index in [1.165, 1.54) is 0 Å². The van der Waals surface area contributed by atoms with Gasteiger partial charge < -0.3 is 0 Å². The summed E-state index contributed by atoms with van der Waals surface area (Å²) in [5, 5.41) is 1.10. The maximum Gasteiger partial charge on any atom is 0.0503 e. The minimum atomic E-state index is 0.550. The van der Waals surface area contributed by atoms with Crippen LogP contribution in [0, 0.1) is 6.07 Å². The van der Waals surface area contributed by atoms with Crippen molar-refractivity contribution >= 4 is 23.2 Å². The number of hydrogen-bond acceptors (Lipinski definition) is 0. The van der Waals surface area contributed by atoms with Gasteiger partial charge in [-0.15, -0.1) is 6.58 Å². The molecule has 0 aliphatic carbocycles. The van der Waals surface area contributed by atoms with E-state index in [-0.39, 0.29) is 0 Å². The summed E-state index contributed by atoms with van der Waals surface area (Å²) in [5.41, 5.74) is 1.06. The predicted octanol–water partition coefficient (Wildman–Crippen LogP) is 3.52. The first-order chi connectivity index (χ1) is 5.22. The van der Waals surface area contributed by atoms with E-state index in [1.807, 2.05) is 18.2 Å². The van der Waals surface area contributed by atoms with Crippen LogP contribution in [0.25, 0.3) is 0 Å². The Bertz CT molecular complexity index is 246. The molecule has 0 bridgehead atoms. The second-order valence-electron chi connectivity index (χ2n) is 2.18. The smallest absolute Gasteiger partial charge is 0.0503 e. The lowest BCUT2D eigenvalue weighted by Gasteiger charge is -1.97. The first-order valence-electron chi connectivity index (χ1n) is 3.20. The molecule has 2 heteroatoms. The molecule has 0 spiro atoms. The van der Waals surface area contributed by atoms with Crippen molar-refractivity contribution in [2.24, 2.45) is 0 Å². The molecule has 1 aromatic carbocycles. The van der Waals surface area contributed by atoms with Gasteiger partial charge in [-0.05, 0) is 24.1 Å². The summed E-state index contributed by atoms with van der Waals surface area (Å²) in [6.07, 6.45) is 2.59. The highest BCUT2D eigenvalue weighted by atomic mass is 35.5. The topological polar surface area (TPSA) is 0 Å². The van der Waals surface area contributed by atoms with Crippen molar-refractivity contribution in [2.75, 3.05) is 0 Å². The van der Waals surface area contributed by atoms with Crippen LogP contribution in [0.4, 0.5) is 0 Å². The summed E-state index contributed by atoms with van der Waals surface area (Å²) in [6.45, 7) is 3.62. The third kappa shape index (κ3) is 2.57. The van der Waals surface area contributed by atoms with Crippen molar-refractivity contribution in [2.45, 2.75) is 6.42 Å². The van der Waals surface area contributed by atoms with Crippen LogP contribution in [0.2, 0.25) is 10.0 Å². The fraction of sp³-hybridized carbons (Fsp3) is 0.111. The molecule has 0 fully saturated rings. The Labute approximate surface area is 76.4 Å². The zero-order chi connectivity index (χ0) is 8.27. The normalized spacial score (nSPS) is 9.64. The Balaban J connectivity index is 2.98. The number of hydrogen-bond donors (Lipinski definition) is 0. The Morgan fingerprint density at radius 1 is 1.36 bits per heavy atom. The van der Waals surface area contributed by atoms with Crippen LogP contribution >= 0.6 is 23.2 Å². The second kappa shape index (κ2) is 3.80. The van der Waals surface area contributed by atoms with E-state index in [0.29, 0.717) is 10.0 Å². The average molecular weight is 186 g/mol. The molecule has 0 heterocycles. The molecule has 0 amide bonds. The van der Waals surface area contributed by atoms with Gasteiger partial charge in [0, 0.05) is 6.07 Å². The Morgan fingerprint density at radius 2 is 1.91 bits per heavy atom. The minimum absolute atomic E-state index is 0.550. The molecule has 0 N–H and O–H groups in total. The Hall–Kier alpha value is -0.460. The molecule has 0 unspecified atom stereocenters. The van der Waals surface area contributed by atoms with Gasteiger partial charge in [0.1, 0.15) is 0 Å². The first kappa shape index (κ1) is 8.63. The summed E-state index contributed by atoms with van der Waals surface area (Å²) in [7, 11) is 0. The van der Waals surface area contributed by atoms with Gasteiger partial charge in [0.05, 0.1) is 10.0 Å². The highest BCUT2D eigenvalue weighted by Gasteiger charge is 1.95. The van der Waals surface area contributed by atoms with Crippen LogP contribution in [-0.4, -0.2) is 0 Å². The quantitative estimate of drug-likeness (QED) is 0.619. The molecular formula is C9H7Cl2. The zero-order valence-corrected chi connectivity index (χ0v) is 7.41. The van der Waals surface area contributed by atoms with Gasteiger partial charge >= 0.3 is 0 Å². The van der Waals surface area contributed by atoms with E-state index in [2.05, 4.69) is 12.6 Å². The Morgan fingerprint density at radius 3 is 2.36 bits per heavy atom. The van der Waals surface area contributed by atoms with E-state index < -0.39 is 0 Å². The average Bonchev–Trinajstić information content (AvgIpc) is 1.85. The number of rotatable bonds is 2. The van der Waals surface area contributed by atoms with Crippen LogP contribution in [0.3, 0.4) is 0 Å². The van der Waals surface area contributed by atoms with Crippen LogP contribution in [0.1, 0.15) is 5.56 Å². The highest BCUT2D eigenvalue weighted by molar-refractivity contribution is 6.34. The SMILES string of the molecule is C=CCc1cc(Cl)[c]c(Cl)c1. The van der Waals surface area contributed by atoms with Crippen molar-refractivity contribution in [3.8, 4) is 0 Å². The van der Waals surface area contributed by atoms with Gasteiger partial charge in [-0.3, -0.25) is 0 Å². The molecule has 0 saturated carbocycles. The van der Waals surface area contributed by atoms with Gasteiger partial charge in [-0.25, -0.2) is 0 Å². The van der Waals surface area contributed by atoms with Crippen molar-refractivity contribution < 1.29 is 0 Å². The molecule has 57 valence electrons. The lowest BCUT2D eigenvalue weighted by molar-refractivity contribution is 1.28. The standard InChI is InChI=1S/C9H7Cl2/c1-2-3-7-4-8(10)6-9(11)5-7/h2,4-5H,1,3H2. The maximum absolute atomic E-state index is 5.71. The summed E-state index contributed by atoms with van der Waals surface area (Å²) < 4.78 is 0. The number of benzene rings is 1. The van der Waals surface area contributed by atoms with Crippen LogP contribution in [-0.2, 0) is 6.42 Å². The van der Waals surface area contributed by atoms with Crippen LogP contribution < -0.4 is 0 Å². The zero-order valence-electron chi connectivity index (χ0n) is 5.90. The monoisotopic (exact) mass is 185 g/mol. The molecule has 0 aliphatic rings. The highest BCUT2D eigenvalue weighted by Crippen LogP contribution is 2.18. The number of halogens is 2. The predicted molar refractivity (Wildman–Crippen MR) is 49.2 cm³/mol.